The molecule has 0 bridgehead atoms. The van der Waals surface area contributed by atoms with Crippen molar-refractivity contribution in [1.29, 1.82) is 0 Å². The van der Waals surface area contributed by atoms with Gasteiger partial charge in [0.25, 0.3) is 5.91 Å². The van der Waals surface area contributed by atoms with Gasteiger partial charge in [-0.05, 0) is 43.2 Å². The Labute approximate surface area is 238 Å². The van der Waals surface area contributed by atoms with Crippen LogP contribution in [0, 0.1) is 5.92 Å². The lowest BCUT2D eigenvalue weighted by molar-refractivity contribution is -0.136. The van der Waals surface area contributed by atoms with Crippen molar-refractivity contribution >= 4 is 46.7 Å². The molecule has 1 aliphatic heterocycles. The largest absolute Gasteiger partial charge is 0.493 e. The number of methoxy groups -OCH3 is 3. The summed E-state index contributed by atoms with van der Waals surface area (Å²) in [7, 11) is 4.47. The molecule has 39 heavy (non-hydrogen) atoms. The summed E-state index contributed by atoms with van der Waals surface area (Å²) in [6.45, 7) is 6.53. The number of urea groups is 1. The molecule has 2 aromatic carbocycles. The second-order valence-electron chi connectivity index (χ2n) is 9.49. The zero-order valence-corrected chi connectivity index (χ0v) is 24.4. The summed E-state index contributed by atoms with van der Waals surface area (Å²) in [6.07, 6.45) is 0. The lowest BCUT2D eigenvalue weighted by Gasteiger charge is -2.41. The van der Waals surface area contributed by atoms with Gasteiger partial charge in [0.2, 0.25) is 11.7 Å². The number of benzene rings is 2. The maximum absolute atomic E-state index is 13.5. The van der Waals surface area contributed by atoms with E-state index in [1.165, 1.54) is 27.4 Å². The van der Waals surface area contributed by atoms with E-state index in [1.54, 1.807) is 34.1 Å². The van der Waals surface area contributed by atoms with E-state index < -0.39 is 12.1 Å². The first kappa shape index (κ1) is 30.2. The maximum Gasteiger partial charge on any atom is 0.319 e. The molecule has 1 aliphatic rings. The second kappa shape index (κ2) is 13.1. The summed E-state index contributed by atoms with van der Waals surface area (Å²) in [5.74, 6) is 0.532. The van der Waals surface area contributed by atoms with Crippen molar-refractivity contribution in [2.75, 3.05) is 46.3 Å². The smallest absolute Gasteiger partial charge is 0.319 e. The first-order valence-electron chi connectivity index (χ1n) is 12.4. The lowest BCUT2D eigenvalue weighted by atomic mass is 10.0. The van der Waals surface area contributed by atoms with E-state index in [0.717, 1.165) is 0 Å². The number of anilines is 1. The monoisotopic (exact) mass is 580 g/mol. The van der Waals surface area contributed by atoms with Crippen LogP contribution in [0.5, 0.6) is 17.2 Å². The van der Waals surface area contributed by atoms with Gasteiger partial charge in [0.15, 0.2) is 11.5 Å². The van der Waals surface area contributed by atoms with Gasteiger partial charge in [-0.2, -0.15) is 0 Å². The van der Waals surface area contributed by atoms with Gasteiger partial charge in [-0.25, -0.2) is 4.79 Å². The van der Waals surface area contributed by atoms with Crippen LogP contribution < -0.4 is 24.8 Å². The van der Waals surface area contributed by atoms with Gasteiger partial charge in [0, 0.05) is 36.3 Å². The lowest BCUT2D eigenvalue weighted by Crippen LogP contribution is -2.60. The third-order valence-electron chi connectivity index (χ3n) is 6.51. The minimum absolute atomic E-state index is 0.182. The molecular formula is C27H34Cl2N4O6. The molecule has 4 amide bonds. The summed E-state index contributed by atoms with van der Waals surface area (Å²) in [6, 6.07) is 6.32. The third-order valence-corrected chi connectivity index (χ3v) is 7.06. The van der Waals surface area contributed by atoms with Gasteiger partial charge in [-0.15, -0.1) is 0 Å². The fourth-order valence-corrected chi connectivity index (χ4v) is 4.89. The van der Waals surface area contributed by atoms with Crippen molar-refractivity contribution in [2.24, 2.45) is 5.92 Å². The number of piperazine rings is 1. The molecule has 1 heterocycles. The quantitative estimate of drug-likeness (QED) is 0.474. The fraction of sp³-hybridized carbons (Fsp3) is 0.444. The second-order valence-corrected chi connectivity index (χ2v) is 10.3. The van der Waals surface area contributed by atoms with Crippen molar-refractivity contribution < 1.29 is 28.6 Å². The molecule has 0 spiro atoms. The number of carbonyl (C=O) groups is 3. The van der Waals surface area contributed by atoms with Crippen LogP contribution in [0.4, 0.5) is 10.5 Å². The van der Waals surface area contributed by atoms with Crippen LogP contribution in [0.25, 0.3) is 0 Å². The Morgan fingerprint density at radius 3 is 2.13 bits per heavy atom. The molecule has 212 valence electrons. The molecule has 1 saturated heterocycles. The Morgan fingerprint density at radius 2 is 1.62 bits per heavy atom. The Balaban J connectivity index is 1.69. The highest BCUT2D eigenvalue weighted by Gasteiger charge is 2.35. The van der Waals surface area contributed by atoms with Crippen LogP contribution in [-0.4, -0.2) is 80.7 Å². The van der Waals surface area contributed by atoms with E-state index in [4.69, 9.17) is 37.4 Å². The van der Waals surface area contributed by atoms with Crippen LogP contribution in [0.1, 0.15) is 31.1 Å². The molecule has 2 unspecified atom stereocenters. The number of amides is 4. The summed E-state index contributed by atoms with van der Waals surface area (Å²) < 4.78 is 16.1. The average molecular weight is 581 g/mol. The molecule has 2 N–H and O–H groups in total. The van der Waals surface area contributed by atoms with Gasteiger partial charge in [0.1, 0.15) is 6.04 Å². The molecule has 1 fully saturated rings. The van der Waals surface area contributed by atoms with Crippen LogP contribution in [0.15, 0.2) is 30.3 Å². The highest BCUT2D eigenvalue weighted by Crippen LogP contribution is 2.38. The zero-order chi connectivity index (χ0) is 28.9. The highest BCUT2D eigenvalue weighted by molar-refractivity contribution is 6.36. The molecule has 0 aliphatic carbocycles. The van der Waals surface area contributed by atoms with Crippen LogP contribution in [-0.2, 0) is 4.79 Å². The molecule has 2 atom stereocenters. The Kier molecular flexibility index (Phi) is 10.2. The van der Waals surface area contributed by atoms with Crippen molar-refractivity contribution in [3.63, 3.8) is 0 Å². The van der Waals surface area contributed by atoms with Crippen molar-refractivity contribution in [2.45, 2.75) is 32.9 Å². The van der Waals surface area contributed by atoms with Crippen molar-refractivity contribution in [1.82, 2.24) is 15.1 Å². The zero-order valence-electron chi connectivity index (χ0n) is 22.8. The molecule has 3 rings (SSSR count). The van der Waals surface area contributed by atoms with Crippen molar-refractivity contribution in [3.8, 4) is 17.2 Å². The molecule has 0 aromatic heterocycles. The number of ether oxygens (including phenoxy) is 3. The van der Waals surface area contributed by atoms with Crippen LogP contribution >= 0.6 is 23.2 Å². The van der Waals surface area contributed by atoms with E-state index >= 15 is 0 Å². The number of halogens is 2. The van der Waals surface area contributed by atoms with Crippen LogP contribution in [0.2, 0.25) is 10.0 Å². The Bertz CT molecular complexity index is 1200. The Hall–Kier alpha value is -3.37. The molecule has 0 saturated carbocycles. The van der Waals surface area contributed by atoms with E-state index in [1.807, 2.05) is 20.8 Å². The van der Waals surface area contributed by atoms with Gasteiger partial charge in [0.05, 0.1) is 32.0 Å². The third kappa shape index (κ3) is 6.99. The standard InChI is InChI=1S/C27H34Cl2N4O6/c1-15(2)23(31-27(36)30-20-8-7-18(28)13-19(20)29)26(35)32-9-10-33(16(3)14-32)25(34)17-11-21(37-4)24(39-6)22(12-17)38-5/h7-8,11-13,15-16,23H,9-10,14H2,1-6H3,(H2,30,31,36). The summed E-state index contributed by atoms with van der Waals surface area (Å²) in [5.41, 5.74) is 0.761. The first-order chi connectivity index (χ1) is 18.5. The number of hydrogen-bond donors (Lipinski definition) is 2. The topological polar surface area (TPSA) is 109 Å². The van der Waals surface area contributed by atoms with Gasteiger partial charge in [-0.1, -0.05) is 37.0 Å². The number of hydrogen-bond acceptors (Lipinski definition) is 6. The van der Waals surface area contributed by atoms with E-state index in [9.17, 15) is 14.4 Å². The maximum atomic E-state index is 13.5. The molecule has 0 radical (unpaired) electrons. The van der Waals surface area contributed by atoms with Gasteiger partial charge < -0.3 is 34.6 Å². The molecule has 10 nitrogen and oxygen atoms in total. The van der Waals surface area contributed by atoms with Crippen molar-refractivity contribution in [3.05, 3.63) is 45.9 Å². The van der Waals surface area contributed by atoms with Crippen LogP contribution in [0.3, 0.4) is 0 Å². The summed E-state index contributed by atoms with van der Waals surface area (Å²) in [5, 5.41) is 6.15. The van der Waals surface area contributed by atoms with Gasteiger partial charge >= 0.3 is 6.03 Å². The minimum Gasteiger partial charge on any atom is -0.493 e. The minimum atomic E-state index is -0.777. The Morgan fingerprint density at radius 1 is 0.974 bits per heavy atom. The van der Waals surface area contributed by atoms with Gasteiger partial charge in [-0.3, -0.25) is 9.59 Å². The highest BCUT2D eigenvalue weighted by atomic mass is 35.5. The number of rotatable bonds is 8. The average Bonchev–Trinajstić information content (AvgIpc) is 2.91. The molecular weight excluding hydrogens is 547 g/mol. The number of carbonyl (C=O) groups excluding carboxylic acids is 3. The molecule has 2 aromatic rings. The first-order valence-corrected chi connectivity index (χ1v) is 13.2. The summed E-state index contributed by atoms with van der Waals surface area (Å²) in [4.78, 5) is 43.0. The predicted octanol–water partition coefficient (Wildman–Crippen LogP) is 4.54. The van der Waals surface area contributed by atoms with E-state index in [2.05, 4.69) is 10.6 Å². The SMILES string of the molecule is COc1cc(C(=O)N2CCN(C(=O)C(NC(=O)Nc3ccc(Cl)cc3Cl)C(C)C)CC2C)cc(OC)c1OC. The normalized spacial score (nSPS) is 16.0. The molecule has 12 heteroatoms. The van der Waals surface area contributed by atoms with E-state index in [0.29, 0.717) is 53.2 Å². The number of nitrogens with one attached hydrogen (secondary N) is 2. The van der Waals surface area contributed by atoms with E-state index in [-0.39, 0.29) is 28.8 Å². The summed E-state index contributed by atoms with van der Waals surface area (Å²) >= 11 is 12.1. The number of nitrogens with zero attached hydrogens (tertiary/aromatic N) is 2. The predicted molar refractivity (Wildman–Crippen MR) is 150 cm³/mol. The fourth-order valence-electron chi connectivity index (χ4n) is 4.43.